The minimum Gasteiger partial charge on any atom is -0.503 e. The zero-order chi connectivity index (χ0) is 29.9. The van der Waals surface area contributed by atoms with Gasteiger partial charge >= 0.3 is 0 Å². The number of hydrogen-bond acceptors (Lipinski definition) is 4. The molecule has 5 nitrogen and oxygen atoms in total. The van der Waals surface area contributed by atoms with Gasteiger partial charge in [0.15, 0.2) is 0 Å². The number of nitrogens with zero attached hydrogens (tertiary/aromatic N) is 4. The molecule has 0 saturated heterocycles. The van der Waals surface area contributed by atoms with E-state index in [0.717, 1.165) is 39.4 Å². The van der Waals surface area contributed by atoms with Crippen LogP contribution in [0.4, 0.5) is 11.4 Å². The van der Waals surface area contributed by atoms with Crippen molar-refractivity contribution in [2.24, 2.45) is 0 Å². The molecule has 41 heavy (non-hydrogen) atoms. The molecule has 1 aliphatic rings. The molecule has 206 valence electrons. The summed E-state index contributed by atoms with van der Waals surface area (Å²) in [7, 11) is 0. The number of pyridine rings is 1. The van der Waals surface area contributed by atoms with Gasteiger partial charge in [-0.05, 0) is 54.0 Å². The Morgan fingerprint density at radius 1 is 0.902 bits per heavy atom. The second-order valence-corrected chi connectivity index (χ2v) is 10.7. The molecule has 4 aromatic carbocycles. The third-order valence-electron chi connectivity index (χ3n) is 6.94. The Labute approximate surface area is 258 Å². The van der Waals surface area contributed by atoms with Gasteiger partial charge in [0.2, 0.25) is 0 Å². The molecule has 0 N–H and O–H groups in total. The Hall–Kier alpha value is -4.34. The Morgan fingerprint density at radius 3 is 2.61 bits per heavy atom. The number of imidazole rings is 1. The SMILES string of the molecule is [2H]c1c(Oc2[c-]c(N3[CH-]n4c(nc5ccccc54)-c4ccccc43)ccc2)[c-]c(-c2cc(C(C)(C)C)ccn2)c([2H])c1[2H].[Pt]. The van der Waals surface area contributed by atoms with Gasteiger partial charge in [-0.1, -0.05) is 75.0 Å². The fourth-order valence-corrected chi connectivity index (χ4v) is 4.88. The number of anilines is 2. The van der Waals surface area contributed by atoms with Gasteiger partial charge in [-0.2, -0.15) is 6.07 Å². The van der Waals surface area contributed by atoms with Crippen LogP contribution in [-0.2, 0) is 26.5 Å². The van der Waals surface area contributed by atoms with E-state index in [1.165, 1.54) is 0 Å². The van der Waals surface area contributed by atoms with Gasteiger partial charge < -0.3 is 24.2 Å². The first-order chi connectivity index (χ1) is 20.7. The maximum atomic E-state index is 8.56. The third kappa shape index (κ3) is 5.03. The maximum absolute atomic E-state index is 8.56. The number of aromatic nitrogens is 3. The van der Waals surface area contributed by atoms with Gasteiger partial charge in [-0.25, -0.2) is 0 Å². The van der Waals surface area contributed by atoms with Gasteiger partial charge in [0.1, 0.15) is 0 Å². The second-order valence-electron chi connectivity index (χ2n) is 10.7. The van der Waals surface area contributed by atoms with Gasteiger partial charge in [-0.3, -0.25) is 0 Å². The zero-order valence-corrected chi connectivity index (χ0v) is 24.9. The second kappa shape index (κ2) is 10.6. The van der Waals surface area contributed by atoms with E-state index in [4.69, 9.17) is 13.8 Å². The predicted octanol–water partition coefficient (Wildman–Crippen LogP) is 8.57. The third-order valence-corrected chi connectivity index (χ3v) is 6.94. The van der Waals surface area contributed by atoms with E-state index in [0.29, 0.717) is 17.0 Å². The summed E-state index contributed by atoms with van der Waals surface area (Å²) in [6.07, 6.45) is 1.70. The summed E-state index contributed by atoms with van der Waals surface area (Å²) in [6.45, 7) is 8.30. The average Bonchev–Trinajstić information content (AvgIpc) is 3.40. The monoisotopic (exact) mass is 717 g/mol. The average molecular weight is 718 g/mol. The number of rotatable bonds is 4. The Balaban J connectivity index is 0.00000343. The first-order valence-electron chi connectivity index (χ1n) is 14.6. The number of fused-ring (bicyclic) bond motifs is 5. The molecular formula is C35H27N4OPt-3. The van der Waals surface area contributed by atoms with Crippen molar-refractivity contribution >= 4 is 22.4 Å². The molecule has 0 atom stereocenters. The molecule has 1 aliphatic heterocycles. The summed E-state index contributed by atoms with van der Waals surface area (Å²) in [5.74, 6) is 1.26. The van der Waals surface area contributed by atoms with Crippen LogP contribution in [0.5, 0.6) is 11.5 Å². The van der Waals surface area contributed by atoms with E-state index in [2.05, 4.69) is 48.5 Å². The van der Waals surface area contributed by atoms with Crippen molar-refractivity contribution in [1.82, 2.24) is 14.5 Å². The molecular weight excluding hydrogens is 687 g/mol. The standard InChI is InChI=1S/C35H27N4O.Pt/c1-35(2,3)25-18-19-36-31(21-25)24-10-8-12-27(20-24)40-28-13-9-11-26(22-28)38-23-39-33-17-7-5-15-30(33)37-34(39)29-14-4-6-16-32(29)38;/h4-19,21,23H,1-3H3;/q-3;/i8D,10D,12D;. The van der Waals surface area contributed by atoms with Crippen molar-refractivity contribution in [3.05, 3.63) is 128 Å². The van der Waals surface area contributed by atoms with Crippen LogP contribution in [0.25, 0.3) is 33.7 Å². The predicted molar refractivity (Wildman–Crippen MR) is 160 cm³/mol. The van der Waals surface area contributed by atoms with E-state index in [-0.39, 0.29) is 50.4 Å². The van der Waals surface area contributed by atoms with Gasteiger partial charge in [0.25, 0.3) is 0 Å². The van der Waals surface area contributed by atoms with E-state index in [1.807, 2.05) is 78.3 Å². The molecule has 0 amide bonds. The van der Waals surface area contributed by atoms with Crippen LogP contribution in [0.2, 0.25) is 0 Å². The van der Waals surface area contributed by atoms with Crippen molar-refractivity contribution in [3.8, 4) is 34.1 Å². The molecule has 0 radical (unpaired) electrons. The number of para-hydroxylation sites is 3. The molecule has 0 spiro atoms. The molecule has 0 unspecified atom stereocenters. The minimum absolute atomic E-state index is 0. The van der Waals surface area contributed by atoms with Crippen molar-refractivity contribution in [3.63, 3.8) is 0 Å². The Bertz CT molecular complexity index is 2040. The minimum atomic E-state index is -0.249. The summed E-state index contributed by atoms with van der Waals surface area (Å²) in [5, 5.41) is 0. The summed E-state index contributed by atoms with van der Waals surface area (Å²) < 4.78 is 33.8. The van der Waals surface area contributed by atoms with Crippen LogP contribution >= 0.6 is 0 Å². The molecule has 0 fully saturated rings. The first-order valence-corrected chi connectivity index (χ1v) is 13.1. The molecule has 6 heteroatoms. The Kier molecular flexibility index (Phi) is 6.03. The van der Waals surface area contributed by atoms with Gasteiger partial charge in [0, 0.05) is 58.5 Å². The summed E-state index contributed by atoms with van der Waals surface area (Å²) in [5.41, 5.74) is 6.31. The van der Waals surface area contributed by atoms with Crippen molar-refractivity contribution in [1.29, 1.82) is 0 Å². The van der Waals surface area contributed by atoms with E-state index < -0.39 is 0 Å². The van der Waals surface area contributed by atoms with Crippen LogP contribution in [-0.4, -0.2) is 14.5 Å². The van der Waals surface area contributed by atoms with Gasteiger partial charge in [0.05, 0.1) is 0 Å². The topological polar surface area (TPSA) is 43.2 Å². The number of hydrogen-bond donors (Lipinski definition) is 0. The molecule has 6 aromatic rings. The number of benzene rings is 4. The molecule has 0 aliphatic carbocycles. The van der Waals surface area contributed by atoms with Crippen molar-refractivity contribution in [2.45, 2.75) is 26.2 Å². The molecule has 0 saturated carbocycles. The normalized spacial score (nSPS) is 13.2. The molecule has 0 bridgehead atoms. The fourth-order valence-electron chi connectivity index (χ4n) is 4.88. The quantitative estimate of drug-likeness (QED) is 0.172. The van der Waals surface area contributed by atoms with E-state index >= 15 is 0 Å². The van der Waals surface area contributed by atoms with Crippen LogP contribution in [0.1, 0.15) is 30.4 Å². The van der Waals surface area contributed by atoms with Crippen LogP contribution in [0.15, 0.2) is 103 Å². The van der Waals surface area contributed by atoms with Crippen LogP contribution in [0, 0.1) is 18.8 Å². The summed E-state index contributed by atoms with van der Waals surface area (Å²) >= 11 is 0. The summed E-state index contributed by atoms with van der Waals surface area (Å²) in [6, 6.07) is 31.3. The van der Waals surface area contributed by atoms with Crippen LogP contribution < -0.4 is 9.64 Å². The van der Waals surface area contributed by atoms with E-state index in [1.54, 1.807) is 12.3 Å². The van der Waals surface area contributed by atoms with Crippen molar-refractivity contribution < 1.29 is 29.9 Å². The van der Waals surface area contributed by atoms with Crippen LogP contribution in [0.3, 0.4) is 0 Å². The summed E-state index contributed by atoms with van der Waals surface area (Å²) in [4.78, 5) is 11.4. The molecule has 3 heterocycles. The largest absolute Gasteiger partial charge is 0.503 e. The van der Waals surface area contributed by atoms with Crippen molar-refractivity contribution in [2.75, 3.05) is 4.90 Å². The maximum Gasteiger partial charge on any atom is 0.0421 e. The number of ether oxygens (including phenoxy) is 1. The zero-order valence-electron chi connectivity index (χ0n) is 25.7. The molecule has 2 aromatic heterocycles. The van der Waals surface area contributed by atoms with Gasteiger partial charge in [-0.15, -0.1) is 41.9 Å². The van der Waals surface area contributed by atoms with E-state index in [9.17, 15) is 0 Å². The Morgan fingerprint density at radius 2 is 1.73 bits per heavy atom. The molecule has 7 rings (SSSR count). The fraction of sp³-hybridized carbons (Fsp3) is 0.114. The smallest absolute Gasteiger partial charge is 0.0421 e. The first kappa shape index (κ1) is 23.4.